The molecule has 31 heavy (non-hydrogen) atoms. The van der Waals surface area contributed by atoms with Gasteiger partial charge in [-0.1, -0.05) is 24.3 Å². The third kappa shape index (κ3) is 4.66. The number of nitrogens with one attached hydrogen (secondary N) is 1. The summed E-state index contributed by atoms with van der Waals surface area (Å²) in [4.78, 5) is 15.3. The van der Waals surface area contributed by atoms with E-state index in [0.29, 0.717) is 31.9 Å². The Kier molecular flexibility index (Phi) is 6.13. The molecule has 6 nitrogen and oxygen atoms in total. The van der Waals surface area contributed by atoms with Crippen LogP contribution in [0.2, 0.25) is 0 Å². The van der Waals surface area contributed by atoms with Gasteiger partial charge in [0.1, 0.15) is 9.77 Å². The minimum Gasteiger partial charge on any atom is -0.369 e. The number of piperazine rings is 1. The minimum atomic E-state index is -3.75. The average Bonchev–Trinajstić information content (AvgIpc) is 3.25. The molecule has 2 aromatic carbocycles. The first-order valence-electron chi connectivity index (χ1n) is 10.1. The van der Waals surface area contributed by atoms with Crippen molar-refractivity contribution in [1.82, 2.24) is 4.31 Å². The molecule has 1 aromatic heterocycles. The number of carbonyl (C=O) groups excluding carboxylic acids is 1. The number of rotatable bonds is 5. The highest BCUT2D eigenvalue weighted by molar-refractivity contribution is 7.89. The number of aryl methyl sites for hydroxylation is 2. The van der Waals surface area contributed by atoms with Crippen molar-refractivity contribution < 1.29 is 13.2 Å². The Balaban J connectivity index is 1.49. The molecule has 1 aliphatic heterocycles. The molecule has 1 saturated heterocycles. The number of sulfonamides is 1. The molecule has 0 saturated carbocycles. The fourth-order valence-electron chi connectivity index (χ4n) is 3.73. The second-order valence-corrected chi connectivity index (χ2v) is 10.5. The normalized spacial score (nSPS) is 15.1. The topological polar surface area (TPSA) is 69.7 Å². The molecule has 1 fully saturated rings. The van der Waals surface area contributed by atoms with Crippen LogP contribution in [0.1, 0.15) is 20.8 Å². The van der Waals surface area contributed by atoms with Gasteiger partial charge in [0.15, 0.2) is 0 Å². The minimum absolute atomic E-state index is 0.0756. The standard InChI is InChI=1S/C23H25N3O3S2/c1-17-5-3-7-19(15-17)24-23(27)22-21(9-14-30-22)31(28,29)26-12-10-25(11-13-26)20-8-4-6-18(2)16-20/h3-9,14-16H,10-13H2,1-2H3,(H,24,27). The first-order chi connectivity index (χ1) is 14.8. The number of anilines is 2. The molecule has 1 aliphatic rings. The van der Waals surface area contributed by atoms with E-state index in [-0.39, 0.29) is 9.77 Å². The highest BCUT2D eigenvalue weighted by Gasteiger charge is 2.32. The van der Waals surface area contributed by atoms with E-state index < -0.39 is 15.9 Å². The van der Waals surface area contributed by atoms with Crippen LogP contribution in [0.3, 0.4) is 0 Å². The van der Waals surface area contributed by atoms with E-state index >= 15 is 0 Å². The van der Waals surface area contributed by atoms with Gasteiger partial charge in [-0.25, -0.2) is 8.42 Å². The first-order valence-corrected chi connectivity index (χ1v) is 12.4. The van der Waals surface area contributed by atoms with Gasteiger partial charge in [-0.3, -0.25) is 4.79 Å². The van der Waals surface area contributed by atoms with Crippen molar-refractivity contribution >= 4 is 38.6 Å². The summed E-state index contributed by atoms with van der Waals surface area (Å²) in [7, 11) is -3.75. The predicted octanol–water partition coefficient (Wildman–Crippen LogP) is 4.13. The zero-order chi connectivity index (χ0) is 22.0. The van der Waals surface area contributed by atoms with Crippen LogP contribution in [-0.2, 0) is 10.0 Å². The van der Waals surface area contributed by atoms with Crippen molar-refractivity contribution in [1.29, 1.82) is 0 Å². The number of amides is 1. The Bertz CT molecular complexity index is 1200. The van der Waals surface area contributed by atoms with Crippen LogP contribution in [0.5, 0.6) is 0 Å². The molecule has 8 heteroatoms. The number of nitrogens with zero attached hydrogens (tertiary/aromatic N) is 2. The number of hydrogen-bond donors (Lipinski definition) is 1. The van der Waals surface area contributed by atoms with Crippen molar-refractivity contribution in [2.45, 2.75) is 18.7 Å². The third-order valence-electron chi connectivity index (χ3n) is 5.33. The maximum atomic E-state index is 13.3. The summed E-state index contributed by atoms with van der Waals surface area (Å²) < 4.78 is 28.1. The maximum Gasteiger partial charge on any atom is 0.267 e. The average molecular weight is 456 g/mol. The van der Waals surface area contributed by atoms with Gasteiger partial charge in [0.05, 0.1) is 0 Å². The quantitative estimate of drug-likeness (QED) is 0.628. The van der Waals surface area contributed by atoms with Crippen LogP contribution in [0, 0.1) is 13.8 Å². The fraction of sp³-hybridized carbons (Fsp3) is 0.261. The van der Waals surface area contributed by atoms with Gasteiger partial charge in [0.2, 0.25) is 10.0 Å². The highest BCUT2D eigenvalue weighted by atomic mass is 32.2. The predicted molar refractivity (Wildman–Crippen MR) is 126 cm³/mol. The van der Waals surface area contributed by atoms with E-state index in [0.717, 1.165) is 22.6 Å². The molecule has 0 radical (unpaired) electrons. The van der Waals surface area contributed by atoms with Crippen molar-refractivity contribution in [3.8, 4) is 0 Å². The highest BCUT2D eigenvalue weighted by Crippen LogP contribution is 2.28. The van der Waals surface area contributed by atoms with Crippen LogP contribution in [0.4, 0.5) is 11.4 Å². The SMILES string of the molecule is Cc1cccc(NC(=O)c2sccc2S(=O)(=O)N2CCN(c3cccc(C)c3)CC2)c1. The van der Waals surface area contributed by atoms with Gasteiger partial charge in [0, 0.05) is 37.6 Å². The molecule has 0 unspecified atom stereocenters. The molecule has 0 atom stereocenters. The Morgan fingerprint density at radius 2 is 1.61 bits per heavy atom. The summed E-state index contributed by atoms with van der Waals surface area (Å²) >= 11 is 1.14. The lowest BCUT2D eigenvalue weighted by Crippen LogP contribution is -2.48. The summed E-state index contributed by atoms with van der Waals surface area (Å²) in [6.45, 7) is 5.96. The Hall–Kier alpha value is -2.68. The largest absolute Gasteiger partial charge is 0.369 e. The molecule has 1 amide bonds. The molecule has 0 aliphatic carbocycles. The number of benzene rings is 2. The molecule has 1 N–H and O–H groups in total. The summed E-state index contributed by atoms with van der Waals surface area (Å²) in [5.74, 6) is -0.405. The number of hydrogen-bond acceptors (Lipinski definition) is 5. The van der Waals surface area contributed by atoms with E-state index in [1.54, 1.807) is 11.4 Å². The Morgan fingerprint density at radius 1 is 0.935 bits per heavy atom. The summed E-state index contributed by atoms with van der Waals surface area (Å²) in [6, 6.07) is 17.2. The van der Waals surface area contributed by atoms with Crippen LogP contribution in [0.15, 0.2) is 64.9 Å². The van der Waals surface area contributed by atoms with Crippen LogP contribution < -0.4 is 10.2 Å². The lowest BCUT2D eigenvalue weighted by atomic mass is 10.2. The second-order valence-electron chi connectivity index (χ2n) is 7.67. The zero-order valence-corrected chi connectivity index (χ0v) is 19.2. The van der Waals surface area contributed by atoms with Crippen LogP contribution in [-0.4, -0.2) is 44.8 Å². The maximum absolute atomic E-state index is 13.3. The van der Waals surface area contributed by atoms with Crippen molar-refractivity contribution in [3.05, 3.63) is 76.0 Å². The fourth-order valence-corrected chi connectivity index (χ4v) is 6.45. The van der Waals surface area contributed by atoms with E-state index in [9.17, 15) is 13.2 Å². The van der Waals surface area contributed by atoms with Gasteiger partial charge in [-0.05, 0) is 60.7 Å². The van der Waals surface area contributed by atoms with Crippen molar-refractivity contribution in [3.63, 3.8) is 0 Å². The number of thiophene rings is 1. The van der Waals surface area contributed by atoms with Gasteiger partial charge in [-0.15, -0.1) is 11.3 Å². The molecule has 0 spiro atoms. The number of carbonyl (C=O) groups is 1. The van der Waals surface area contributed by atoms with E-state index in [1.807, 2.05) is 50.2 Å². The van der Waals surface area contributed by atoms with Gasteiger partial charge < -0.3 is 10.2 Å². The van der Waals surface area contributed by atoms with E-state index in [4.69, 9.17) is 0 Å². The van der Waals surface area contributed by atoms with Crippen molar-refractivity contribution in [2.75, 3.05) is 36.4 Å². The molecule has 0 bridgehead atoms. The second kappa shape index (κ2) is 8.82. The monoisotopic (exact) mass is 455 g/mol. The molecule has 3 aromatic rings. The van der Waals surface area contributed by atoms with Gasteiger partial charge >= 0.3 is 0 Å². The molecule has 2 heterocycles. The molecular formula is C23H25N3O3S2. The van der Waals surface area contributed by atoms with E-state index in [1.165, 1.54) is 15.9 Å². The lowest BCUT2D eigenvalue weighted by Gasteiger charge is -2.35. The summed E-state index contributed by atoms with van der Waals surface area (Å²) in [6.07, 6.45) is 0. The van der Waals surface area contributed by atoms with Gasteiger partial charge in [-0.2, -0.15) is 4.31 Å². The zero-order valence-electron chi connectivity index (χ0n) is 17.5. The summed E-state index contributed by atoms with van der Waals surface area (Å²) in [5.41, 5.74) is 3.94. The van der Waals surface area contributed by atoms with Crippen molar-refractivity contribution in [2.24, 2.45) is 0 Å². The first kappa shape index (κ1) is 21.5. The molecule has 162 valence electrons. The van der Waals surface area contributed by atoms with Gasteiger partial charge in [0.25, 0.3) is 5.91 Å². The smallest absolute Gasteiger partial charge is 0.267 e. The van der Waals surface area contributed by atoms with Crippen LogP contribution >= 0.6 is 11.3 Å². The summed E-state index contributed by atoms with van der Waals surface area (Å²) in [5, 5.41) is 4.47. The lowest BCUT2D eigenvalue weighted by molar-refractivity contribution is 0.102. The molecule has 4 rings (SSSR count). The third-order valence-corrected chi connectivity index (χ3v) is 8.32. The Morgan fingerprint density at radius 3 is 2.29 bits per heavy atom. The van der Waals surface area contributed by atoms with E-state index in [2.05, 4.69) is 16.3 Å². The Labute approximate surface area is 187 Å². The van der Waals surface area contributed by atoms with Crippen LogP contribution in [0.25, 0.3) is 0 Å². The molecular weight excluding hydrogens is 430 g/mol.